The standard InChI is InChI=1S/C16H25FN2O/c1-4-19(14-6-7-14)10-9-18-12(2)13-5-8-16(20-3)15(17)11-13/h5,8,11-12,14,18H,4,6-7,9-10H2,1-3H3. The van der Waals surface area contributed by atoms with Crippen molar-refractivity contribution in [3.8, 4) is 5.75 Å². The van der Waals surface area contributed by atoms with E-state index >= 15 is 0 Å². The number of hydrogen-bond donors (Lipinski definition) is 1. The fraction of sp³-hybridized carbons (Fsp3) is 0.625. The van der Waals surface area contributed by atoms with Gasteiger partial charge in [0.1, 0.15) is 0 Å². The molecule has 1 atom stereocenters. The predicted molar refractivity (Wildman–Crippen MR) is 79.6 cm³/mol. The van der Waals surface area contributed by atoms with Crippen LogP contribution in [0.5, 0.6) is 5.75 Å². The molecular weight excluding hydrogens is 255 g/mol. The third-order valence-corrected chi connectivity index (χ3v) is 3.99. The summed E-state index contributed by atoms with van der Waals surface area (Å²) in [4.78, 5) is 2.51. The second-order valence-electron chi connectivity index (χ2n) is 5.43. The van der Waals surface area contributed by atoms with Crippen LogP contribution in [0.2, 0.25) is 0 Å². The van der Waals surface area contributed by atoms with Gasteiger partial charge in [-0.15, -0.1) is 0 Å². The van der Waals surface area contributed by atoms with E-state index in [1.54, 1.807) is 12.1 Å². The van der Waals surface area contributed by atoms with E-state index < -0.39 is 0 Å². The Morgan fingerprint density at radius 3 is 2.75 bits per heavy atom. The third-order valence-electron chi connectivity index (χ3n) is 3.99. The van der Waals surface area contributed by atoms with Gasteiger partial charge >= 0.3 is 0 Å². The maximum Gasteiger partial charge on any atom is 0.165 e. The lowest BCUT2D eigenvalue weighted by Gasteiger charge is -2.22. The fourth-order valence-electron chi connectivity index (χ4n) is 2.53. The lowest BCUT2D eigenvalue weighted by atomic mass is 10.1. The average Bonchev–Trinajstić information content (AvgIpc) is 3.27. The molecule has 2 rings (SSSR count). The molecule has 0 amide bonds. The second kappa shape index (κ2) is 7.04. The minimum Gasteiger partial charge on any atom is -0.494 e. The summed E-state index contributed by atoms with van der Waals surface area (Å²) in [6.45, 7) is 7.37. The molecule has 1 aliphatic carbocycles. The number of methoxy groups -OCH3 is 1. The van der Waals surface area contributed by atoms with Crippen molar-refractivity contribution in [3.05, 3.63) is 29.6 Å². The topological polar surface area (TPSA) is 24.5 Å². The highest BCUT2D eigenvalue weighted by Crippen LogP contribution is 2.26. The molecule has 1 N–H and O–H groups in total. The molecule has 0 radical (unpaired) electrons. The SMILES string of the molecule is CCN(CCNC(C)c1ccc(OC)c(F)c1)C1CC1. The molecule has 112 valence electrons. The van der Waals surface area contributed by atoms with Crippen LogP contribution in [0.15, 0.2) is 18.2 Å². The van der Waals surface area contributed by atoms with Gasteiger partial charge < -0.3 is 10.1 Å². The van der Waals surface area contributed by atoms with Crippen LogP contribution in [0, 0.1) is 5.82 Å². The number of hydrogen-bond acceptors (Lipinski definition) is 3. The first-order valence-electron chi connectivity index (χ1n) is 7.46. The number of halogens is 1. The average molecular weight is 280 g/mol. The van der Waals surface area contributed by atoms with Gasteiger partial charge in [0.15, 0.2) is 11.6 Å². The number of nitrogens with one attached hydrogen (secondary N) is 1. The van der Waals surface area contributed by atoms with Crippen molar-refractivity contribution >= 4 is 0 Å². The van der Waals surface area contributed by atoms with Gasteiger partial charge in [-0.3, -0.25) is 4.90 Å². The van der Waals surface area contributed by atoms with Gasteiger partial charge in [0.05, 0.1) is 7.11 Å². The van der Waals surface area contributed by atoms with E-state index in [4.69, 9.17) is 4.74 Å². The fourth-order valence-corrected chi connectivity index (χ4v) is 2.53. The number of rotatable bonds is 8. The zero-order chi connectivity index (χ0) is 14.5. The van der Waals surface area contributed by atoms with Gasteiger partial charge in [-0.25, -0.2) is 4.39 Å². The van der Waals surface area contributed by atoms with Crippen LogP contribution in [0.3, 0.4) is 0 Å². The quantitative estimate of drug-likeness (QED) is 0.792. The van der Waals surface area contributed by atoms with Crippen molar-refractivity contribution in [2.45, 2.75) is 38.8 Å². The van der Waals surface area contributed by atoms with Crippen molar-refractivity contribution in [1.82, 2.24) is 10.2 Å². The molecule has 1 aliphatic rings. The molecule has 0 aliphatic heterocycles. The summed E-state index contributed by atoms with van der Waals surface area (Å²) in [5.41, 5.74) is 0.956. The van der Waals surface area contributed by atoms with E-state index in [0.29, 0.717) is 5.75 Å². The van der Waals surface area contributed by atoms with Crippen molar-refractivity contribution in [1.29, 1.82) is 0 Å². The van der Waals surface area contributed by atoms with E-state index in [-0.39, 0.29) is 11.9 Å². The summed E-state index contributed by atoms with van der Waals surface area (Å²) in [7, 11) is 1.48. The highest BCUT2D eigenvalue weighted by Gasteiger charge is 2.27. The normalized spacial score (nSPS) is 16.4. The molecule has 1 saturated carbocycles. The van der Waals surface area contributed by atoms with Gasteiger partial charge in [0.25, 0.3) is 0 Å². The molecule has 1 aromatic carbocycles. The number of benzene rings is 1. The van der Waals surface area contributed by atoms with Crippen LogP contribution in [-0.2, 0) is 0 Å². The molecule has 4 heteroatoms. The Labute approximate surface area is 121 Å². The highest BCUT2D eigenvalue weighted by molar-refractivity contribution is 5.30. The highest BCUT2D eigenvalue weighted by atomic mass is 19.1. The smallest absolute Gasteiger partial charge is 0.165 e. The predicted octanol–water partition coefficient (Wildman–Crippen LogP) is 2.97. The monoisotopic (exact) mass is 280 g/mol. The Balaban J connectivity index is 1.81. The Morgan fingerprint density at radius 1 is 1.45 bits per heavy atom. The molecular formula is C16H25FN2O. The van der Waals surface area contributed by atoms with E-state index in [1.165, 1.54) is 20.0 Å². The molecule has 0 saturated heterocycles. The zero-order valence-electron chi connectivity index (χ0n) is 12.7. The van der Waals surface area contributed by atoms with Crippen molar-refractivity contribution in [2.24, 2.45) is 0 Å². The van der Waals surface area contributed by atoms with Crippen molar-refractivity contribution in [2.75, 3.05) is 26.7 Å². The van der Waals surface area contributed by atoms with Crippen molar-refractivity contribution < 1.29 is 9.13 Å². The molecule has 0 aromatic heterocycles. The first-order valence-corrected chi connectivity index (χ1v) is 7.46. The summed E-state index contributed by atoms with van der Waals surface area (Å²) in [6, 6.07) is 6.10. The summed E-state index contributed by atoms with van der Waals surface area (Å²) in [5, 5.41) is 3.46. The minimum absolute atomic E-state index is 0.147. The second-order valence-corrected chi connectivity index (χ2v) is 5.43. The zero-order valence-corrected chi connectivity index (χ0v) is 12.7. The maximum atomic E-state index is 13.7. The van der Waals surface area contributed by atoms with Gasteiger partial charge in [0, 0.05) is 25.2 Å². The molecule has 1 fully saturated rings. The van der Waals surface area contributed by atoms with Gasteiger partial charge in [-0.05, 0) is 44.0 Å². The van der Waals surface area contributed by atoms with E-state index in [9.17, 15) is 4.39 Å². The van der Waals surface area contributed by atoms with Crippen LogP contribution >= 0.6 is 0 Å². The lowest BCUT2D eigenvalue weighted by Crippen LogP contribution is -2.34. The molecule has 3 nitrogen and oxygen atoms in total. The Hall–Kier alpha value is -1.13. The lowest BCUT2D eigenvalue weighted by molar-refractivity contribution is 0.273. The summed E-state index contributed by atoms with van der Waals surface area (Å²) in [6.07, 6.45) is 2.68. The minimum atomic E-state index is -0.299. The Bertz CT molecular complexity index is 434. The van der Waals surface area contributed by atoms with Gasteiger partial charge in [0.2, 0.25) is 0 Å². The van der Waals surface area contributed by atoms with Crippen LogP contribution in [0.4, 0.5) is 4.39 Å². The third kappa shape index (κ3) is 3.93. The molecule has 0 bridgehead atoms. The largest absolute Gasteiger partial charge is 0.494 e. The van der Waals surface area contributed by atoms with Gasteiger partial charge in [-0.1, -0.05) is 13.0 Å². The number of likely N-dealkylation sites (N-methyl/N-ethyl adjacent to an activating group) is 1. The maximum absolute atomic E-state index is 13.7. The first kappa shape index (κ1) is 15.3. The first-order chi connectivity index (χ1) is 9.65. The Kier molecular flexibility index (Phi) is 5.38. The molecule has 1 unspecified atom stereocenters. The summed E-state index contributed by atoms with van der Waals surface area (Å²) < 4.78 is 18.6. The number of nitrogens with zero attached hydrogens (tertiary/aromatic N) is 1. The van der Waals surface area contributed by atoms with E-state index in [1.807, 2.05) is 6.07 Å². The molecule has 0 heterocycles. The van der Waals surface area contributed by atoms with Crippen molar-refractivity contribution in [3.63, 3.8) is 0 Å². The Morgan fingerprint density at radius 2 is 2.20 bits per heavy atom. The van der Waals surface area contributed by atoms with Crippen LogP contribution in [-0.4, -0.2) is 37.7 Å². The molecule has 20 heavy (non-hydrogen) atoms. The van der Waals surface area contributed by atoms with E-state index in [0.717, 1.165) is 31.2 Å². The van der Waals surface area contributed by atoms with Crippen LogP contribution in [0.1, 0.15) is 38.3 Å². The van der Waals surface area contributed by atoms with E-state index in [2.05, 4.69) is 24.1 Å². The van der Waals surface area contributed by atoms with Crippen LogP contribution < -0.4 is 10.1 Å². The number of ether oxygens (including phenoxy) is 1. The summed E-state index contributed by atoms with van der Waals surface area (Å²) >= 11 is 0. The summed E-state index contributed by atoms with van der Waals surface area (Å²) in [5.74, 6) is -0.00124. The molecule has 1 aromatic rings. The molecule has 0 spiro atoms. The van der Waals surface area contributed by atoms with Crippen LogP contribution in [0.25, 0.3) is 0 Å². The van der Waals surface area contributed by atoms with Gasteiger partial charge in [-0.2, -0.15) is 0 Å².